The predicted octanol–water partition coefficient (Wildman–Crippen LogP) is 3.96. The highest BCUT2D eigenvalue weighted by molar-refractivity contribution is 5.55. The third-order valence-corrected chi connectivity index (χ3v) is 3.52. The Morgan fingerprint density at radius 2 is 2.06 bits per heavy atom. The monoisotopic (exact) mass is 233 g/mol. The van der Waals surface area contributed by atoms with E-state index in [1.54, 1.807) is 0 Å². The first-order valence-corrected chi connectivity index (χ1v) is 6.68. The van der Waals surface area contributed by atoms with E-state index in [-0.39, 0.29) is 0 Å². The van der Waals surface area contributed by atoms with Crippen molar-refractivity contribution in [2.45, 2.75) is 52.1 Å². The minimum Gasteiger partial charge on any atom is -0.488 e. The van der Waals surface area contributed by atoms with E-state index in [0.29, 0.717) is 17.9 Å². The van der Waals surface area contributed by atoms with Crippen molar-refractivity contribution < 1.29 is 4.74 Å². The van der Waals surface area contributed by atoms with Crippen LogP contribution in [0.5, 0.6) is 5.75 Å². The van der Waals surface area contributed by atoms with Gasteiger partial charge in [0, 0.05) is 0 Å². The molecule has 0 spiro atoms. The molecule has 2 N–H and O–H groups in total. The zero-order valence-corrected chi connectivity index (χ0v) is 11.1. The number of nitrogens with two attached hydrogens (primary N) is 1. The van der Waals surface area contributed by atoms with Crippen molar-refractivity contribution in [2.24, 2.45) is 5.92 Å². The van der Waals surface area contributed by atoms with Gasteiger partial charge in [-0.05, 0) is 48.8 Å². The number of hydrogen-bond acceptors (Lipinski definition) is 2. The Labute approximate surface area is 104 Å². The third kappa shape index (κ3) is 2.93. The number of ether oxygens (including phenoxy) is 1. The van der Waals surface area contributed by atoms with E-state index in [9.17, 15) is 0 Å². The van der Waals surface area contributed by atoms with E-state index in [1.807, 2.05) is 6.07 Å². The van der Waals surface area contributed by atoms with Crippen LogP contribution in [0.1, 0.15) is 51.5 Å². The maximum atomic E-state index is 6.07. The summed E-state index contributed by atoms with van der Waals surface area (Å²) in [5, 5.41) is 0. The molecule has 0 bridgehead atoms. The molecular weight excluding hydrogens is 210 g/mol. The Morgan fingerprint density at radius 1 is 1.35 bits per heavy atom. The van der Waals surface area contributed by atoms with E-state index in [4.69, 9.17) is 10.5 Å². The summed E-state index contributed by atoms with van der Waals surface area (Å²) in [6.07, 6.45) is 3.91. The lowest BCUT2D eigenvalue weighted by Crippen LogP contribution is -2.07. The number of anilines is 1. The molecule has 0 saturated heterocycles. The summed E-state index contributed by atoms with van der Waals surface area (Å²) >= 11 is 0. The molecule has 1 unspecified atom stereocenters. The predicted molar refractivity (Wildman–Crippen MR) is 72.4 cm³/mol. The smallest absolute Gasteiger partial charge is 0.142 e. The quantitative estimate of drug-likeness (QED) is 0.781. The standard InChI is InChI=1S/C15H23NO/c1-4-13(10(2)3)11-5-8-15(14(16)9-11)17-12-6-7-12/h5,8-10,12-13H,4,6-7,16H2,1-3H3. The van der Waals surface area contributed by atoms with E-state index < -0.39 is 0 Å². The molecular formula is C15H23NO. The van der Waals surface area contributed by atoms with Gasteiger partial charge < -0.3 is 10.5 Å². The van der Waals surface area contributed by atoms with Crippen LogP contribution in [0.2, 0.25) is 0 Å². The largest absolute Gasteiger partial charge is 0.488 e. The third-order valence-electron chi connectivity index (χ3n) is 3.52. The molecule has 2 nitrogen and oxygen atoms in total. The molecule has 0 heterocycles. The minimum absolute atomic E-state index is 0.412. The molecule has 1 aromatic rings. The van der Waals surface area contributed by atoms with Gasteiger partial charge in [-0.15, -0.1) is 0 Å². The lowest BCUT2D eigenvalue weighted by molar-refractivity contribution is 0.304. The molecule has 94 valence electrons. The Kier molecular flexibility index (Phi) is 3.60. The van der Waals surface area contributed by atoms with Gasteiger partial charge in [-0.2, -0.15) is 0 Å². The van der Waals surface area contributed by atoms with Crippen LogP contribution >= 0.6 is 0 Å². The van der Waals surface area contributed by atoms with Crippen molar-refractivity contribution in [1.82, 2.24) is 0 Å². The van der Waals surface area contributed by atoms with Crippen molar-refractivity contribution in [3.63, 3.8) is 0 Å². The van der Waals surface area contributed by atoms with Gasteiger partial charge in [-0.25, -0.2) is 0 Å². The van der Waals surface area contributed by atoms with E-state index in [1.165, 1.54) is 18.4 Å². The normalized spacial score (nSPS) is 17.2. The second-order valence-electron chi connectivity index (χ2n) is 5.37. The summed E-state index contributed by atoms with van der Waals surface area (Å²) in [6.45, 7) is 6.76. The molecule has 0 aromatic heterocycles. The zero-order valence-electron chi connectivity index (χ0n) is 11.1. The molecule has 1 saturated carbocycles. The van der Waals surface area contributed by atoms with Gasteiger partial charge in [-0.1, -0.05) is 26.8 Å². The number of nitrogen functional groups attached to an aromatic ring is 1. The Morgan fingerprint density at radius 3 is 2.53 bits per heavy atom. The molecule has 1 aliphatic carbocycles. The van der Waals surface area contributed by atoms with Gasteiger partial charge in [0.25, 0.3) is 0 Å². The summed E-state index contributed by atoms with van der Waals surface area (Å²) in [5.41, 5.74) is 8.19. The summed E-state index contributed by atoms with van der Waals surface area (Å²) < 4.78 is 5.76. The van der Waals surface area contributed by atoms with E-state index in [0.717, 1.165) is 17.9 Å². The lowest BCUT2D eigenvalue weighted by Gasteiger charge is -2.20. The van der Waals surface area contributed by atoms with Gasteiger partial charge in [0.05, 0.1) is 11.8 Å². The average molecular weight is 233 g/mol. The molecule has 0 aliphatic heterocycles. The van der Waals surface area contributed by atoms with Crippen LogP contribution in [0, 0.1) is 5.92 Å². The second-order valence-corrected chi connectivity index (χ2v) is 5.37. The molecule has 0 amide bonds. The molecule has 17 heavy (non-hydrogen) atoms. The van der Waals surface area contributed by atoms with Crippen LogP contribution < -0.4 is 10.5 Å². The summed E-state index contributed by atoms with van der Waals surface area (Å²) in [6, 6.07) is 6.29. The molecule has 0 radical (unpaired) electrons. The average Bonchev–Trinajstić information content (AvgIpc) is 3.06. The van der Waals surface area contributed by atoms with Gasteiger partial charge >= 0.3 is 0 Å². The van der Waals surface area contributed by atoms with Gasteiger partial charge in [0.1, 0.15) is 5.75 Å². The van der Waals surface area contributed by atoms with Crippen LogP contribution in [-0.4, -0.2) is 6.10 Å². The van der Waals surface area contributed by atoms with Crippen LogP contribution in [0.25, 0.3) is 0 Å². The summed E-state index contributed by atoms with van der Waals surface area (Å²) in [5.74, 6) is 2.09. The Bertz CT molecular complexity index is 383. The van der Waals surface area contributed by atoms with Gasteiger partial charge in [-0.3, -0.25) is 0 Å². The highest BCUT2D eigenvalue weighted by atomic mass is 16.5. The second kappa shape index (κ2) is 4.99. The zero-order chi connectivity index (χ0) is 12.4. The van der Waals surface area contributed by atoms with Crippen molar-refractivity contribution in [2.75, 3.05) is 5.73 Å². The first kappa shape index (κ1) is 12.3. The van der Waals surface area contributed by atoms with Crippen molar-refractivity contribution in [1.29, 1.82) is 0 Å². The fourth-order valence-electron chi connectivity index (χ4n) is 2.36. The molecule has 2 rings (SSSR count). The molecule has 1 atom stereocenters. The fourth-order valence-corrected chi connectivity index (χ4v) is 2.36. The molecule has 2 heteroatoms. The SMILES string of the molecule is CCC(c1ccc(OC2CC2)c(N)c1)C(C)C. The molecule has 1 aliphatic rings. The van der Waals surface area contributed by atoms with Crippen molar-refractivity contribution in [3.05, 3.63) is 23.8 Å². The van der Waals surface area contributed by atoms with Crippen LogP contribution in [0.3, 0.4) is 0 Å². The van der Waals surface area contributed by atoms with E-state index >= 15 is 0 Å². The topological polar surface area (TPSA) is 35.2 Å². The summed E-state index contributed by atoms with van der Waals surface area (Å²) in [4.78, 5) is 0. The number of hydrogen-bond donors (Lipinski definition) is 1. The van der Waals surface area contributed by atoms with Gasteiger partial charge in [0.2, 0.25) is 0 Å². The first-order valence-electron chi connectivity index (χ1n) is 6.68. The highest BCUT2D eigenvalue weighted by Gasteiger charge is 2.24. The Hall–Kier alpha value is -1.18. The van der Waals surface area contributed by atoms with Crippen LogP contribution in [0.15, 0.2) is 18.2 Å². The highest BCUT2D eigenvalue weighted by Crippen LogP contribution is 2.35. The molecule has 1 fully saturated rings. The summed E-state index contributed by atoms with van der Waals surface area (Å²) in [7, 11) is 0. The van der Waals surface area contributed by atoms with Crippen molar-refractivity contribution in [3.8, 4) is 5.75 Å². The van der Waals surface area contributed by atoms with Crippen molar-refractivity contribution >= 4 is 5.69 Å². The van der Waals surface area contributed by atoms with E-state index in [2.05, 4.69) is 32.9 Å². The van der Waals surface area contributed by atoms with Crippen LogP contribution in [0.4, 0.5) is 5.69 Å². The minimum atomic E-state index is 0.412. The fraction of sp³-hybridized carbons (Fsp3) is 0.600. The number of rotatable bonds is 5. The van der Waals surface area contributed by atoms with Gasteiger partial charge in [0.15, 0.2) is 0 Å². The Balaban J connectivity index is 2.16. The van der Waals surface area contributed by atoms with Crippen LogP contribution in [-0.2, 0) is 0 Å². The number of benzene rings is 1. The lowest BCUT2D eigenvalue weighted by atomic mass is 9.86. The molecule has 1 aromatic carbocycles. The maximum absolute atomic E-state index is 6.07. The first-order chi connectivity index (χ1) is 8.11. The maximum Gasteiger partial charge on any atom is 0.142 e.